The number of anilines is 1. The van der Waals surface area contributed by atoms with E-state index in [1.165, 1.54) is 12.1 Å². The number of nitro groups is 1. The maximum absolute atomic E-state index is 12.4. The number of sulfonamides is 1. The number of likely N-dealkylation sites (tertiary alicyclic amines) is 1. The summed E-state index contributed by atoms with van der Waals surface area (Å²) in [7, 11) is -4.04. The van der Waals surface area contributed by atoms with E-state index in [0.717, 1.165) is 25.3 Å². The molecule has 1 heterocycles. The van der Waals surface area contributed by atoms with Gasteiger partial charge in [-0.3, -0.25) is 14.9 Å². The molecule has 1 saturated heterocycles. The monoisotopic (exact) mass is 385 g/mol. The summed E-state index contributed by atoms with van der Waals surface area (Å²) < 4.78 is 22.7. The van der Waals surface area contributed by atoms with Crippen LogP contribution >= 0.6 is 0 Å². The Kier molecular flexibility index (Phi) is 6.51. The minimum Gasteiger partial charge on any atom is -0.379 e. The predicted molar refractivity (Wildman–Crippen MR) is 96.0 cm³/mol. The molecule has 1 amide bonds. The Labute approximate surface area is 151 Å². The molecule has 1 aliphatic heterocycles. The lowest BCUT2D eigenvalue weighted by molar-refractivity contribution is -0.384. The molecule has 0 aromatic heterocycles. The average Bonchev–Trinajstić information content (AvgIpc) is 2.60. The van der Waals surface area contributed by atoms with Crippen molar-refractivity contribution in [1.82, 2.24) is 4.90 Å². The molecule has 0 aliphatic carbocycles. The summed E-state index contributed by atoms with van der Waals surface area (Å²) in [5.41, 5.74) is 5.42. The van der Waals surface area contributed by atoms with Crippen molar-refractivity contribution in [2.45, 2.75) is 36.6 Å². The van der Waals surface area contributed by atoms with E-state index in [1.807, 2.05) is 0 Å². The number of carbonyl (C=O) groups excluding carboxylic acids is 1. The van der Waals surface area contributed by atoms with Crippen molar-refractivity contribution in [2.75, 3.05) is 25.0 Å². The van der Waals surface area contributed by atoms with E-state index in [1.54, 1.807) is 4.90 Å². The third-order valence-electron chi connectivity index (χ3n) is 4.37. The van der Waals surface area contributed by atoms with Gasteiger partial charge in [0.1, 0.15) is 5.69 Å². The Morgan fingerprint density at radius 3 is 2.73 bits per heavy atom. The van der Waals surface area contributed by atoms with E-state index in [4.69, 9.17) is 10.9 Å². The van der Waals surface area contributed by atoms with E-state index in [0.29, 0.717) is 13.1 Å². The van der Waals surface area contributed by atoms with Crippen LogP contribution in [-0.4, -0.2) is 49.8 Å². The molecule has 1 fully saturated rings. The molecule has 2 rings (SSSR count). The Hall–Kier alpha value is -2.24. The van der Waals surface area contributed by atoms with Gasteiger partial charge in [-0.1, -0.05) is 0 Å². The highest BCUT2D eigenvalue weighted by atomic mass is 32.2. The van der Waals surface area contributed by atoms with E-state index in [9.17, 15) is 23.3 Å². The molecule has 144 valence electrons. The van der Waals surface area contributed by atoms with Crippen LogP contribution in [0.15, 0.2) is 23.1 Å². The van der Waals surface area contributed by atoms with Gasteiger partial charge in [-0.05, 0) is 31.4 Å². The van der Waals surface area contributed by atoms with E-state index < -0.39 is 20.6 Å². The second kappa shape index (κ2) is 8.43. The van der Waals surface area contributed by atoms with Gasteiger partial charge in [0.2, 0.25) is 15.9 Å². The van der Waals surface area contributed by atoms with Crippen LogP contribution in [-0.2, 0) is 14.8 Å². The number of nitrogens with two attached hydrogens (primary N) is 2. The largest absolute Gasteiger partial charge is 0.379 e. The maximum Gasteiger partial charge on any atom is 0.293 e. The lowest BCUT2D eigenvalue weighted by Gasteiger charge is -2.35. The Bertz CT molecular complexity index is 783. The van der Waals surface area contributed by atoms with Crippen LogP contribution in [0.25, 0.3) is 0 Å². The summed E-state index contributed by atoms with van der Waals surface area (Å²) in [5, 5.41) is 19.0. The van der Waals surface area contributed by atoms with Gasteiger partial charge >= 0.3 is 0 Å². The fraction of sp³-hybridized carbons (Fsp3) is 0.533. The first-order valence-electron chi connectivity index (χ1n) is 8.28. The number of piperidine rings is 1. The van der Waals surface area contributed by atoms with Crippen molar-refractivity contribution < 1.29 is 18.1 Å². The molecular weight excluding hydrogens is 362 g/mol. The molecule has 0 bridgehead atoms. The number of amides is 1. The zero-order chi connectivity index (χ0) is 19.3. The zero-order valence-electron chi connectivity index (χ0n) is 14.3. The third kappa shape index (κ3) is 4.90. The Morgan fingerprint density at radius 1 is 1.38 bits per heavy atom. The van der Waals surface area contributed by atoms with E-state index in [-0.39, 0.29) is 35.5 Å². The first kappa shape index (κ1) is 20.1. The highest BCUT2D eigenvalue weighted by Gasteiger charge is 2.25. The molecule has 26 heavy (non-hydrogen) atoms. The first-order valence-corrected chi connectivity index (χ1v) is 9.83. The highest BCUT2D eigenvalue weighted by molar-refractivity contribution is 7.89. The van der Waals surface area contributed by atoms with Crippen molar-refractivity contribution in [3.05, 3.63) is 28.3 Å². The molecule has 0 saturated carbocycles. The average molecular weight is 385 g/mol. The molecule has 10 nitrogen and oxygen atoms in total. The topological polar surface area (TPSA) is 162 Å². The van der Waals surface area contributed by atoms with Crippen molar-refractivity contribution in [1.29, 1.82) is 0 Å². The summed E-state index contributed by atoms with van der Waals surface area (Å²) in [6.45, 7) is 1.27. The summed E-state index contributed by atoms with van der Waals surface area (Å²) in [5.74, 6) is -0.0588. The number of primary sulfonamides is 1. The number of hydrogen-bond acceptors (Lipinski definition) is 7. The fourth-order valence-electron chi connectivity index (χ4n) is 3.01. The molecule has 1 unspecified atom stereocenters. The number of nitrogens with one attached hydrogen (secondary N) is 1. The standard InChI is InChI=1S/C15H23N5O5S/c16-10-11-3-1-2-8-19(11)15(21)6-7-18-13-5-4-12(26(17,24)25)9-14(13)20(22)23/h4-5,9,11,18H,1-3,6-8,10,16H2,(H2,17,24,25). The fourth-order valence-corrected chi connectivity index (χ4v) is 3.54. The molecule has 5 N–H and O–H groups in total. The summed E-state index contributed by atoms with van der Waals surface area (Å²) in [6, 6.07) is 3.39. The lowest BCUT2D eigenvalue weighted by atomic mass is 10.0. The molecular formula is C15H23N5O5S. The van der Waals surface area contributed by atoms with Crippen LogP contribution in [0.2, 0.25) is 0 Å². The second-order valence-corrected chi connectivity index (χ2v) is 7.69. The van der Waals surface area contributed by atoms with Gasteiger partial charge in [-0.25, -0.2) is 13.6 Å². The maximum atomic E-state index is 12.4. The van der Waals surface area contributed by atoms with Gasteiger partial charge in [0, 0.05) is 38.2 Å². The van der Waals surface area contributed by atoms with Crippen molar-refractivity contribution in [3.63, 3.8) is 0 Å². The molecule has 11 heteroatoms. The number of benzene rings is 1. The van der Waals surface area contributed by atoms with Gasteiger partial charge in [-0.15, -0.1) is 0 Å². The molecule has 1 atom stereocenters. The molecule has 1 aromatic rings. The lowest BCUT2D eigenvalue weighted by Crippen LogP contribution is -2.47. The quantitative estimate of drug-likeness (QED) is 0.451. The minimum atomic E-state index is -4.04. The molecule has 1 aromatic carbocycles. The smallest absolute Gasteiger partial charge is 0.293 e. The Morgan fingerprint density at radius 2 is 2.12 bits per heavy atom. The van der Waals surface area contributed by atoms with Gasteiger partial charge in [0.25, 0.3) is 5.69 Å². The third-order valence-corrected chi connectivity index (χ3v) is 5.28. The van der Waals surface area contributed by atoms with Crippen molar-refractivity contribution in [3.8, 4) is 0 Å². The van der Waals surface area contributed by atoms with Crippen LogP contribution in [0, 0.1) is 10.1 Å². The highest BCUT2D eigenvalue weighted by Crippen LogP contribution is 2.27. The second-order valence-electron chi connectivity index (χ2n) is 6.13. The van der Waals surface area contributed by atoms with E-state index >= 15 is 0 Å². The first-order chi connectivity index (χ1) is 12.2. The number of carbonyl (C=O) groups is 1. The van der Waals surface area contributed by atoms with Crippen molar-refractivity contribution >= 4 is 27.3 Å². The molecule has 0 spiro atoms. The van der Waals surface area contributed by atoms with Gasteiger partial charge in [-0.2, -0.15) is 0 Å². The Balaban J connectivity index is 2.03. The van der Waals surface area contributed by atoms with Crippen LogP contribution in [0.5, 0.6) is 0 Å². The number of nitrogens with zero attached hydrogens (tertiary/aromatic N) is 2. The molecule has 0 radical (unpaired) electrons. The van der Waals surface area contributed by atoms with Gasteiger partial charge < -0.3 is 16.0 Å². The zero-order valence-corrected chi connectivity index (χ0v) is 15.1. The van der Waals surface area contributed by atoms with Gasteiger partial charge in [0.05, 0.1) is 9.82 Å². The summed E-state index contributed by atoms with van der Waals surface area (Å²) >= 11 is 0. The summed E-state index contributed by atoms with van der Waals surface area (Å²) in [4.78, 5) is 24.3. The van der Waals surface area contributed by atoms with E-state index in [2.05, 4.69) is 5.32 Å². The summed E-state index contributed by atoms with van der Waals surface area (Å²) in [6.07, 6.45) is 3.03. The molecule has 1 aliphatic rings. The van der Waals surface area contributed by atoms with Crippen LogP contribution in [0.1, 0.15) is 25.7 Å². The van der Waals surface area contributed by atoms with Crippen LogP contribution in [0.3, 0.4) is 0 Å². The number of rotatable bonds is 7. The van der Waals surface area contributed by atoms with Gasteiger partial charge in [0.15, 0.2) is 0 Å². The normalized spacial score (nSPS) is 17.8. The van der Waals surface area contributed by atoms with Crippen LogP contribution in [0.4, 0.5) is 11.4 Å². The number of hydrogen-bond donors (Lipinski definition) is 3. The van der Waals surface area contributed by atoms with Crippen LogP contribution < -0.4 is 16.2 Å². The minimum absolute atomic E-state index is 0.0413. The number of nitro benzene ring substituents is 1. The predicted octanol–water partition coefficient (Wildman–Crippen LogP) is 0.384. The SMILES string of the molecule is NCC1CCCCN1C(=O)CCNc1ccc(S(N)(=O)=O)cc1[N+](=O)[O-]. The van der Waals surface area contributed by atoms with Crippen molar-refractivity contribution in [2.24, 2.45) is 10.9 Å².